The van der Waals surface area contributed by atoms with Crippen molar-refractivity contribution < 1.29 is 8.42 Å². The fourth-order valence-corrected chi connectivity index (χ4v) is 10.4. The molecule has 0 unspecified atom stereocenters. The summed E-state index contributed by atoms with van der Waals surface area (Å²) in [6, 6.07) is 17.6. The molecule has 2 heterocycles. The number of para-hydroxylation sites is 1. The summed E-state index contributed by atoms with van der Waals surface area (Å²) in [7, 11) is -4.79. The molecule has 0 fully saturated rings. The molecule has 0 bridgehead atoms. The van der Waals surface area contributed by atoms with E-state index in [0.717, 1.165) is 27.5 Å². The Morgan fingerprint density at radius 1 is 1.10 bits per heavy atom. The first-order chi connectivity index (χ1) is 14.0. The van der Waals surface area contributed by atoms with Gasteiger partial charge in [0.05, 0.1) is 5.52 Å². The van der Waals surface area contributed by atoms with Crippen LogP contribution in [0.4, 0.5) is 0 Å². The Labute approximate surface area is 182 Å². The summed E-state index contributed by atoms with van der Waals surface area (Å²) in [6.45, 7) is 5.46. The molecule has 0 saturated carbocycles. The lowest BCUT2D eigenvalue weighted by Crippen LogP contribution is -2.43. The second-order valence-corrected chi connectivity index (χ2v) is 14.3. The van der Waals surface area contributed by atoms with Crippen LogP contribution in [0.3, 0.4) is 0 Å². The van der Waals surface area contributed by atoms with Crippen LogP contribution in [0, 0.1) is 0 Å². The third-order valence-electron chi connectivity index (χ3n) is 6.09. The molecule has 1 aromatic heterocycles. The molecule has 152 valence electrons. The van der Waals surface area contributed by atoms with Crippen LogP contribution >= 0.6 is 15.9 Å². The molecule has 29 heavy (non-hydrogen) atoms. The van der Waals surface area contributed by atoms with E-state index in [4.69, 9.17) is 0 Å². The van der Waals surface area contributed by atoms with Gasteiger partial charge in [-0.05, 0) is 34.9 Å². The molecule has 1 aliphatic rings. The predicted molar refractivity (Wildman–Crippen MR) is 124 cm³/mol. The smallest absolute Gasteiger partial charge is 0.245 e. The summed E-state index contributed by atoms with van der Waals surface area (Å²) >= 11 is 3.74. The Morgan fingerprint density at radius 3 is 2.59 bits per heavy atom. The SMILES string of the molecule is CC[SiH](CC)[C@H]1CN(S(=O)(=O)c2cccc3cccnc23)Cc2cccc(Br)c21. The van der Waals surface area contributed by atoms with Crippen molar-refractivity contribution in [3.8, 4) is 0 Å². The van der Waals surface area contributed by atoms with Gasteiger partial charge in [-0.2, -0.15) is 4.31 Å². The normalized spacial score (nSPS) is 17.6. The third-order valence-corrected chi connectivity index (χ3v) is 12.4. The van der Waals surface area contributed by atoms with Gasteiger partial charge in [-0.1, -0.05) is 72.2 Å². The molecule has 4 nitrogen and oxygen atoms in total. The standard InChI is InChI=1S/C22H25BrN2O2SSi/c1-3-29(4-2)20-15-25(14-17-9-5-11-18(23)21(17)20)28(26,27)19-12-6-8-16-10-7-13-24-22(16)19/h5-13,20,29H,3-4,14-15H2,1-2H3/t20-/m0/s1. The zero-order chi connectivity index (χ0) is 20.6. The lowest BCUT2D eigenvalue weighted by Gasteiger charge is -2.37. The molecule has 0 saturated heterocycles. The van der Waals surface area contributed by atoms with Crippen molar-refractivity contribution >= 4 is 45.7 Å². The van der Waals surface area contributed by atoms with E-state index in [1.54, 1.807) is 22.6 Å². The van der Waals surface area contributed by atoms with Crippen molar-refractivity contribution in [2.75, 3.05) is 6.54 Å². The summed E-state index contributed by atoms with van der Waals surface area (Å²) in [5.41, 5.74) is 3.30. The molecule has 0 amide bonds. The molecular weight excluding hydrogens is 464 g/mol. The second kappa shape index (κ2) is 8.30. The van der Waals surface area contributed by atoms with Crippen LogP contribution in [0.1, 0.15) is 30.5 Å². The number of nitrogens with zero attached hydrogens (tertiary/aromatic N) is 2. The van der Waals surface area contributed by atoms with Crippen LogP contribution in [0.5, 0.6) is 0 Å². The molecule has 7 heteroatoms. The minimum absolute atomic E-state index is 0.305. The molecule has 1 atom stereocenters. The van der Waals surface area contributed by atoms with Crippen molar-refractivity contribution in [2.24, 2.45) is 0 Å². The summed E-state index contributed by atoms with van der Waals surface area (Å²) in [4.78, 5) is 4.69. The van der Waals surface area contributed by atoms with Crippen molar-refractivity contribution in [1.82, 2.24) is 9.29 Å². The number of aromatic nitrogens is 1. The first kappa shape index (κ1) is 20.7. The topological polar surface area (TPSA) is 50.3 Å². The van der Waals surface area contributed by atoms with Crippen molar-refractivity contribution in [1.29, 1.82) is 0 Å². The quantitative estimate of drug-likeness (QED) is 0.469. The summed E-state index contributed by atoms with van der Waals surface area (Å²) < 4.78 is 30.3. The Balaban J connectivity index is 1.83. The first-order valence-corrected chi connectivity index (χ1v) is 14.6. The van der Waals surface area contributed by atoms with Crippen molar-refractivity contribution in [2.45, 2.75) is 42.9 Å². The number of benzene rings is 2. The van der Waals surface area contributed by atoms with Gasteiger partial charge in [-0.25, -0.2) is 8.42 Å². The van der Waals surface area contributed by atoms with Gasteiger partial charge in [-0.3, -0.25) is 4.98 Å². The fraction of sp³-hybridized carbons (Fsp3) is 0.318. The van der Waals surface area contributed by atoms with Crippen LogP contribution in [0.15, 0.2) is 64.1 Å². The summed E-state index contributed by atoms with van der Waals surface area (Å²) in [5.74, 6) is 0. The van der Waals surface area contributed by atoms with Crippen LogP contribution in [0.25, 0.3) is 10.9 Å². The first-order valence-electron chi connectivity index (χ1n) is 10.1. The molecule has 0 N–H and O–H groups in total. The maximum absolute atomic E-state index is 13.7. The van der Waals surface area contributed by atoms with Crippen LogP contribution in [-0.2, 0) is 16.6 Å². The Morgan fingerprint density at radius 2 is 1.83 bits per heavy atom. The highest BCUT2D eigenvalue weighted by molar-refractivity contribution is 9.10. The van der Waals surface area contributed by atoms with Crippen LogP contribution < -0.4 is 0 Å². The third kappa shape index (κ3) is 3.69. The summed E-state index contributed by atoms with van der Waals surface area (Å²) in [5, 5.41) is 0.847. The zero-order valence-corrected chi connectivity index (χ0v) is 20.2. The monoisotopic (exact) mass is 488 g/mol. The van der Waals surface area contributed by atoms with E-state index in [-0.39, 0.29) is 0 Å². The molecular formula is C22H25BrN2O2SSi. The van der Waals surface area contributed by atoms with Gasteiger partial charge in [0.2, 0.25) is 10.0 Å². The molecule has 1 aliphatic heterocycles. The summed E-state index contributed by atoms with van der Waals surface area (Å²) in [6.07, 6.45) is 1.66. The maximum atomic E-state index is 13.7. The van der Waals surface area contributed by atoms with Crippen LogP contribution in [0.2, 0.25) is 12.1 Å². The minimum atomic E-state index is -3.65. The number of halogens is 1. The van der Waals surface area contributed by atoms with E-state index in [9.17, 15) is 8.42 Å². The average molecular weight is 490 g/mol. The van der Waals surface area contributed by atoms with E-state index in [1.807, 2.05) is 24.3 Å². The van der Waals surface area contributed by atoms with Gasteiger partial charge >= 0.3 is 0 Å². The molecule has 0 radical (unpaired) electrons. The van der Waals surface area contributed by atoms with Crippen molar-refractivity contribution in [3.63, 3.8) is 0 Å². The second-order valence-electron chi connectivity index (χ2n) is 7.62. The number of fused-ring (bicyclic) bond motifs is 2. The van der Waals surface area contributed by atoms with Gasteiger partial charge in [0.15, 0.2) is 0 Å². The van der Waals surface area contributed by atoms with Gasteiger partial charge in [0, 0.05) is 37.9 Å². The lowest BCUT2D eigenvalue weighted by molar-refractivity contribution is 0.382. The number of sulfonamides is 1. The molecule has 3 aromatic rings. The van der Waals surface area contributed by atoms with E-state index in [0.29, 0.717) is 29.0 Å². The van der Waals surface area contributed by atoms with E-state index in [2.05, 4.69) is 46.9 Å². The number of hydrogen-bond donors (Lipinski definition) is 0. The Hall–Kier alpha value is -1.54. The van der Waals surface area contributed by atoms with E-state index in [1.165, 1.54) is 5.56 Å². The van der Waals surface area contributed by atoms with Gasteiger partial charge in [0.1, 0.15) is 4.90 Å². The predicted octanol–water partition coefficient (Wildman–Crippen LogP) is 5.09. The maximum Gasteiger partial charge on any atom is 0.245 e. The Bertz CT molecular complexity index is 1140. The minimum Gasteiger partial charge on any atom is -0.255 e. The van der Waals surface area contributed by atoms with Gasteiger partial charge in [-0.15, -0.1) is 0 Å². The fourth-order valence-electron chi connectivity index (χ4n) is 4.55. The molecule has 0 aliphatic carbocycles. The number of pyridine rings is 1. The molecule has 0 spiro atoms. The van der Waals surface area contributed by atoms with Crippen LogP contribution in [-0.4, -0.2) is 33.0 Å². The highest BCUT2D eigenvalue weighted by Gasteiger charge is 2.38. The number of rotatable bonds is 5. The van der Waals surface area contributed by atoms with Gasteiger partial charge < -0.3 is 0 Å². The van der Waals surface area contributed by atoms with E-state index >= 15 is 0 Å². The van der Waals surface area contributed by atoms with Crippen molar-refractivity contribution in [3.05, 3.63) is 70.3 Å². The molecule has 2 aromatic carbocycles. The zero-order valence-electron chi connectivity index (χ0n) is 16.7. The number of hydrogen-bond acceptors (Lipinski definition) is 3. The van der Waals surface area contributed by atoms with Gasteiger partial charge in [0.25, 0.3) is 0 Å². The average Bonchev–Trinajstić information content (AvgIpc) is 2.74. The highest BCUT2D eigenvalue weighted by atomic mass is 79.9. The van der Waals surface area contributed by atoms with E-state index < -0.39 is 18.8 Å². The highest BCUT2D eigenvalue weighted by Crippen LogP contribution is 2.39. The lowest BCUT2D eigenvalue weighted by atomic mass is 10.0. The molecule has 4 rings (SSSR count). The Kier molecular flexibility index (Phi) is 5.93. The largest absolute Gasteiger partial charge is 0.255 e.